The highest BCUT2D eigenvalue weighted by Crippen LogP contribution is 2.40. The Labute approximate surface area is 189 Å². The fraction of sp³-hybridized carbons (Fsp3) is 0.652. The molecule has 166 valence electrons. The number of carbonyl (C=O) groups excluding carboxylic acids is 1. The van der Waals surface area contributed by atoms with E-state index in [9.17, 15) is 4.79 Å². The van der Waals surface area contributed by atoms with Crippen molar-refractivity contribution < 1.29 is 9.53 Å². The molecule has 0 spiro atoms. The summed E-state index contributed by atoms with van der Waals surface area (Å²) >= 11 is 3.44. The number of hydrogen-bond acceptors (Lipinski definition) is 6. The predicted molar refractivity (Wildman–Crippen MR) is 128 cm³/mol. The van der Waals surface area contributed by atoms with Crippen LogP contribution < -0.4 is 5.73 Å². The van der Waals surface area contributed by atoms with Crippen molar-refractivity contribution in [1.82, 2.24) is 4.31 Å². The lowest BCUT2D eigenvalue weighted by Gasteiger charge is -2.40. The van der Waals surface area contributed by atoms with E-state index in [1.54, 1.807) is 23.3 Å². The topological polar surface area (TPSA) is 67.9 Å². The van der Waals surface area contributed by atoms with E-state index in [0.717, 1.165) is 32.4 Å². The van der Waals surface area contributed by atoms with Crippen LogP contribution in [0.1, 0.15) is 57.8 Å². The van der Waals surface area contributed by atoms with Crippen molar-refractivity contribution in [2.45, 2.75) is 63.0 Å². The molecule has 0 aliphatic carbocycles. The number of ether oxygens (including phenoxy) is 1. The highest BCUT2D eigenvalue weighted by atomic mass is 32.2. The van der Waals surface area contributed by atoms with Crippen LogP contribution >= 0.6 is 23.3 Å². The zero-order valence-electron chi connectivity index (χ0n) is 18.4. The summed E-state index contributed by atoms with van der Waals surface area (Å²) in [5, 5.41) is 2.12. The van der Waals surface area contributed by atoms with E-state index in [-0.39, 0.29) is 11.3 Å². The van der Waals surface area contributed by atoms with Crippen LogP contribution in [0.15, 0.2) is 34.3 Å². The lowest BCUT2D eigenvalue weighted by atomic mass is 9.91. The SMILES string of the molecule is CC/C=C(\N=CC(C)(C)c1cccs1)C1CCN(SC2(C(N)=O)CCOCC2)CC1. The number of hydrogen-bond donors (Lipinski definition) is 1. The smallest absolute Gasteiger partial charge is 0.235 e. The van der Waals surface area contributed by atoms with Crippen LogP contribution in [0.5, 0.6) is 0 Å². The average Bonchev–Trinajstić information content (AvgIpc) is 3.28. The highest BCUT2D eigenvalue weighted by molar-refractivity contribution is 7.99. The van der Waals surface area contributed by atoms with E-state index in [1.807, 2.05) is 0 Å². The maximum Gasteiger partial charge on any atom is 0.235 e. The largest absolute Gasteiger partial charge is 0.381 e. The number of carbonyl (C=O) groups is 1. The van der Waals surface area contributed by atoms with Gasteiger partial charge in [0, 0.05) is 54.4 Å². The number of piperidine rings is 1. The molecule has 0 atom stereocenters. The summed E-state index contributed by atoms with van der Waals surface area (Å²) in [5.41, 5.74) is 6.94. The summed E-state index contributed by atoms with van der Waals surface area (Å²) < 4.78 is 7.30. The Balaban J connectivity index is 1.61. The van der Waals surface area contributed by atoms with Gasteiger partial charge in [-0.15, -0.1) is 11.3 Å². The summed E-state index contributed by atoms with van der Waals surface area (Å²) in [6.07, 6.45) is 8.91. The molecule has 5 nitrogen and oxygen atoms in total. The van der Waals surface area contributed by atoms with Gasteiger partial charge in [-0.2, -0.15) is 0 Å². The number of nitrogens with two attached hydrogens (primary N) is 1. The molecule has 7 heteroatoms. The quantitative estimate of drug-likeness (QED) is 0.458. The van der Waals surface area contributed by atoms with Crippen LogP contribution in [0.3, 0.4) is 0 Å². The molecular weight excluding hydrogens is 414 g/mol. The van der Waals surface area contributed by atoms with Crippen molar-refractivity contribution in [3.63, 3.8) is 0 Å². The third-order valence-corrected chi connectivity index (χ3v) is 8.82. The van der Waals surface area contributed by atoms with Gasteiger partial charge in [0.1, 0.15) is 4.75 Å². The number of amides is 1. The molecule has 3 heterocycles. The van der Waals surface area contributed by atoms with E-state index in [1.165, 1.54) is 10.6 Å². The molecule has 1 amide bonds. The third kappa shape index (κ3) is 5.75. The van der Waals surface area contributed by atoms with Gasteiger partial charge in [0.05, 0.1) is 0 Å². The molecule has 2 saturated heterocycles. The normalized spacial score (nSPS) is 21.9. The highest BCUT2D eigenvalue weighted by Gasteiger charge is 2.42. The van der Waals surface area contributed by atoms with Gasteiger partial charge in [-0.25, -0.2) is 4.31 Å². The fourth-order valence-corrected chi connectivity index (χ4v) is 6.20. The van der Waals surface area contributed by atoms with E-state index in [0.29, 0.717) is 32.0 Å². The van der Waals surface area contributed by atoms with Crippen molar-refractivity contribution >= 4 is 35.4 Å². The minimum atomic E-state index is -0.504. The molecule has 2 aliphatic heterocycles. The Bertz CT molecular complexity index is 745. The van der Waals surface area contributed by atoms with Gasteiger partial charge in [0.15, 0.2) is 0 Å². The standard InChI is InChI=1S/C23H35N3O2S2/c1-4-6-19(25-17-22(2,3)20-7-5-16-29-20)18-8-12-26(13-9-18)30-23(21(24)27)10-14-28-15-11-23/h5-7,16-18H,4,8-15H2,1-3H3,(H2,24,27)/b19-6-,25-17?. The summed E-state index contributed by atoms with van der Waals surface area (Å²) in [4.78, 5) is 18.5. The predicted octanol–water partition coefficient (Wildman–Crippen LogP) is 4.79. The van der Waals surface area contributed by atoms with E-state index < -0.39 is 4.75 Å². The number of primary amides is 1. The van der Waals surface area contributed by atoms with Gasteiger partial charge in [0.25, 0.3) is 0 Å². The number of nitrogens with zero attached hydrogens (tertiary/aromatic N) is 2. The molecule has 0 unspecified atom stereocenters. The van der Waals surface area contributed by atoms with Crippen molar-refractivity contribution in [2.24, 2.45) is 16.6 Å². The first kappa shape index (κ1) is 23.5. The fourth-order valence-electron chi connectivity index (χ4n) is 4.05. The molecule has 0 saturated carbocycles. The molecule has 2 aliphatic rings. The number of aliphatic imine (C=N–C) groups is 1. The monoisotopic (exact) mass is 449 g/mol. The van der Waals surface area contributed by atoms with Crippen molar-refractivity contribution in [2.75, 3.05) is 26.3 Å². The van der Waals surface area contributed by atoms with Gasteiger partial charge in [0.2, 0.25) is 5.91 Å². The van der Waals surface area contributed by atoms with Crippen molar-refractivity contribution in [1.29, 1.82) is 0 Å². The first-order valence-corrected chi connectivity index (χ1v) is 12.6. The Hall–Kier alpha value is -1.15. The summed E-state index contributed by atoms with van der Waals surface area (Å²) in [6.45, 7) is 9.76. The Kier molecular flexibility index (Phi) is 8.18. The molecule has 1 aromatic rings. The van der Waals surface area contributed by atoms with E-state index >= 15 is 0 Å². The molecule has 2 fully saturated rings. The minimum Gasteiger partial charge on any atom is -0.381 e. The Morgan fingerprint density at radius 2 is 2.10 bits per heavy atom. The van der Waals surface area contributed by atoms with Crippen LogP contribution in [0.25, 0.3) is 0 Å². The maximum atomic E-state index is 12.2. The second-order valence-electron chi connectivity index (χ2n) is 8.76. The number of allylic oxidation sites excluding steroid dienone is 2. The maximum absolute atomic E-state index is 12.2. The van der Waals surface area contributed by atoms with E-state index in [2.05, 4.69) is 54.9 Å². The molecule has 0 radical (unpaired) electrons. The van der Waals surface area contributed by atoms with Gasteiger partial charge in [-0.1, -0.05) is 31.0 Å². The van der Waals surface area contributed by atoms with Crippen LogP contribution in [0.4, 0.5) is 0 Å². The van der Waals surface area contributed by atoms with Crippen LogP contribution in [0, 0.1) is 5.92 Å². The minimum absolute atomic E-state index is 0.0610. The van der Waals surface area contributed by atoms with Crippen LogP contribution in [0.2, 0.25) is 0 Å². The summed E-state index contributed by atoms with van der Waals surface area (Å²) in [6, 6.07) is 4.28. The second kappa shape index (κ2) is 10.4. The second-order valence-corrected chi connectivity index (χ2v) is 11.2. The van der Waals surface area contributed by atoms with Gasteiger partial charge in [-0.05, 0) is 57.4 Å². The lowest BCUT2D eigenvalue weighted by molar-refractivity contribution is -0.122. The lowest BCUT2D eigenvalue weighted by Crippen LogP contribution is -2.48. The van der Waals surface area contributed by atoms with E-state index in [4.69, 9.17) is 15.5 Å². The molecule has 30 heavy (non-hydrogen) atoms. The number of thiophene rings is 1. The molecule has 1 aromatic heterocycles. The first-order chi connectivity index (χ1) is 14.4. The molecular formula is C23H35N3O2S2. The third-order valence-electron chi connectivity index (χ3n) is 6.03. The van der Waals surface area contributed by atoms with Gasteiger partial charge in [-0.3, -0.25) is 9.79 Å². The zero-order chi connectivity index (χ0) is 21.6. The van der Waals surface area contributed by atoms with Gasteiger partial charge < -0.3 is 10.5 Å². The Morgan fingerprint density at radius 1 is 1.40 bits per heavy atom. The first-order valence-electron chi connectivity index (χ1n) is 11.0. The molecule has 0 bridgehead atoms. The summed E-state index contributed by atoms with van der Waals surface area (Å²) in [7, 11) is 0. The van der Waals surface area contributed by atoms with Gasteiger partial charge >= 0.3 is 0 Å². The average molecular weight is 450 g/mol. The van der Waals surface area contributed by atoms with Crippen LogP contribution in [-0.4, -0.2) is 47.5 Å². The molecule has 3 rings (SSSR count). The van der Waals surface area contributed by atoms with Crippen LogP contribution in [-0.2, 0) is 14.9 Å². The number of rotatable bonds is 8. The zero-order valence-corrected chi connectivity index (χ0v) is 20.1. The molecule has 2 N–H and O–H groups in total. The summed E-state index contributed by atoms with van der Waals surface area (Å²) in [5.74, 6) is 0.265. The Morgan fingerprint density at radius 3 is 2.67 bits per heavy atom. The van der Waals surface area contributed by atoms with Crippen molar-refractivity contribution in [3.8, 4) is 0 Å². The molecule has 0 aromatic carbocycles. The van der Waals surface area contributed by atoms with Crippen molar-refractivity contribution in [3.05, 3.63) is 34.2 Å².